The Bertz CT molecular complexity index is 531. The monoisotopic (exact) mass is 280 g/mol. The van der Waals surface area contributed by atoms with Crippen molar-refractivity contribution in [3.05, 3.63) is 30.9 Å². The summed E-state index contributed by atoms with van der Waals surface area (Å²) in [5.41, 5.74) is 1.18. The third-order valence-corrected chi connectivity index (χ3v) is 2.86. The molecule has 5 nitrogen and oxygen atoms in total. The van der Waals surface area contributed by atoms with Crippen molar-refractivity contribution in [3.8, 4) is 5.75 Å². The lowest BCUT2D eigenvalue weighted by Gasteiger charge is -2.28. The fourth-order valence-corrected chi connectivity index (χ4v) is 1.87. The van der Waals surface area contributed by atoms with Crippen LogP contribution in [-0.4, -0.2) is 30.8 Å². The number of fused-ring (bicyclic) bond motifs is 1. The second kappa shape index (κ2) is 5.75. The van der Waals surface area contributed by atoms with Crippen LogP contribution in [0.4, 0.5) is 11.4 Å². The molecule has 1 aromatic carbocycles. The van der Waals surface area contributed by atoms with E-state index in [9.17, 15) is 9.59 Å². The Hall–Kier alpha value is -2.01. The Morgan fingerprint density at radius 3 is 3.05 bits per heavy atom. The average molecular weight is 281 g/mol. The topological polar surface area (TPSA) is 58.6 Å². The van der Waals surface area contributed by atoms with Crippen LogP contribution >= 0.6 is 11.6 Å². The molecule has 0 fully saturated rings. The minimum atomic E-state index is -0.306. The summed E-state index contributed by atoms with van der Waals surface area (Å²) < 4.78 is 5.33. The number of alkyl halides is 1. The fourth-order valence-electron chi connectivity index (χ4n) is 1.80. The number of carbonyl (C=O) groups excluding carboxylic acids is 2. The number of rotatable bonds is 4. The van der Waals surface area contributed by atoms with Gasteiger partial charge in [-0.2, -0.15) is 0 Å². The second-order valence-corrected chi connectivity index (χ2v) is 4.21. The highest BCUT2D eigenvalue weighted by molar-refractivity contribution is 6.29. The average Bonchev–Trinajstić information content (AvgIpc) is 2.42. The van der Waals surface area contributed by atoms with E-state index in [1.165, 1.54) is 0 Å². The molecule has 1 aliphatic heterocycles. The zero-order valence-electron chi connectivity index (χ0n) is 10.2. The van der Waals surface area contributed by atoms with Crippen molar-refractivity contribution in [2.45, 2.75) is 0 Å². The van der Waals surface area contributed by atoms with E-state index in [0.29, 0.717) is 23.7 Å². The largest absolute Gasteiger partial charge is 0.482 e. The molecule has 19 heavy (non-hydrogen) atoms. The number of ether oxygens (including phenoxy) is 1. The zero-order valence-corrected chi connectivity index (χ0v) is 10.9. The first-order valence-corrected chi connectivity index (χ1v) is 6.23. The van der Waals surface area contributed by atoms with E-state index in [-0.39, 0.29) is 24.3 Å². The molecule has 6 heteroatoms. The highest BCUT2D eigenvalue weighted by Gasteiger charge is 2.24. The van der Waals surface area contributed by atoms with E-state index in [2.05, 4.69) is 11.9 Å². The Labute approximate surface area is 115 Å². The third kappa shape index (κ3) is 2.88. The van der Waals surface area contributed by atoms with Crippen molar-refractivity contribution in [1.82, 2.24) is 0 Å². The fraction of sp³-hybridized carbons (Fsp3) is 0.231. The van der Waals surface area contributed by atoms with Crippen LogP contribution in [0.25, 0.3) is 0 Å². The van der Waals surface area contributed by atoms with Crippen LogP contribution in [0.15, 0.2) is 30.9 Å². The highest BCUT2D eigenvalue weighted by Crippen LogP contribution is 2.34. The van der Waals surface area contributed by atoms with Crippen LogP contribution < -0.4 is 15.0 Å². The summed E-state index contributed by atoms with van der Waals surface area (Å²) in [7, 11) is 0. The summed E-state index contributed by atoms with van der Waals surface area (Å²) >= 11 is 5.43. The summed E-state index contributed by atoms with van der Waals surface area (Å²) in [5.74, 6) is 0.0292. The molecule has 0 radical (unpaired) electrons. The summed E-state index contributed by atoms with van der Waals surface area (Å²) in [6, 6.07) is 5.09. The molecule has 2 amide bonds. The van der Waals surface area contributed by atoms with Gasteiger partial charge in [-0.3, -0.25) is 9.59 Å². The summed E-state index contributed by atoms with van der Waals surface area (Å²) in [5, 5.41) is 2.63. The van der Waals surface area contributed by atoms with Crippen molar-refractivity contribution >= 4 is 34.8 Å². The van der Waals surface area contributed by atoms with Crippen LogP contribution in [0.5, 0.6) is 5.75 Å². The zero-order chi connectivity index (χ0) is 13.8. The number of nitrogens with one attached hydrogen (secondary N) is 1. The maximum Gasteiger partial charge on any atom is 0.265 e. The van der Waals surface area contributed by atoms with Crippen molar-refractivity contribution in [2.24, 2.45) is 0 Å². The van der Waals surface area contributed by atoms with Gasteiger partial charge in [0.1, 0.15) is 11.6 Å². The SMILES string of the molecule is C=CCN1C(=O)COc2ccc(NC(=O)CCl)cc21. The number of nitrogens with zero attached hydrogens (tertiary/aromatic N) is 1. The number of amides is 2. The molecule has 1 N–H and O–H groups in total. The van der Waals surface area contributed by atoms with Crippen molar-refractivity contribution in [3.63, 3.8) is 0 Å². The van der Waals surface area contributed by atoms with Gasteiger partial charge in [0.2, 0.25) is 5.91 Å². The first-order valence-electron chi connectivity index (χ1n) is 5.69. The normalized spacial score (nSPS) is 13.5. The summed E-state index contributed by atoms with van der Waals surface area (Å²) in [4.78, 5) is 24.6. The Morgan fingerprint density at radius 2 is 2.37 bits per heavy atom. The van der Waals surface area contributed by atoms with Gasteiger partial charge < -0.3 is 15.0 Å². The minimum absolute atomic E-state index is 0.00816. The second-order valence-electron chi connectivity index (χ2n) is 3.95. The first kappa shape index (κ1) is 13.4. The van der Waals surface area contributed by atoms with Crippen LogP contribution in [0, 0.1) is 0 Å². The number of carbonyl (C=O) groups is 2. The molecule has 0 unspecified atom stereocenters. The summed E-state index contributed by atoms with van der Waals surface area (Å²) in [6.45, 7) is 4.02. The number of anilines is 2. The Kier molecular flexibility index (Phi) is 4.06. The van der Waals surface area contributed by atoms with Crippen LogP contribution in [0.1, 0.15) is 0 Å². The van der Waals surface area contributed by atoms with Gasteiger partial charge in [0.05, 0.1) is 5.69 Å². The van der Waals surface area contributed by atoms with Gasteiger partial charge in [-0.25, -0.2) is 0 Å². The molecule has 2 rings (SSSR count). The van der Waals surface area contributed by atoms with Crippen molar-refractivity contribution in [1.29, 1.82) is 0 Å². The molecule has 1 aromatic rings. The molecule has 0 aliphatic carbocycles. The van der Waals surface area contributed by atoms with Gasteiger partial charge in [-0.05, 0) is 18.2 Å². The van der Waals surface area contributed by atoms with E-state index in [1.54, 1.807) is 29.2 Å². The molecule has 1 aliphatic rings. The van der Waals surface area contributed by atoms with Gasteiger partial charge in [-0.1, -0.05) is 6.08 Å². The van der Waals surface area contributed by atoms with E-state index in [4.69, 9.17) is 16.3 Å². The van der Waals surface area contributed by atoms with Crippen molar-refractivity contribution in [2.75, 3.05) is 29.2 Å². The molecule has 0 atom stereocenters. The number of hydrogen-bond donors (Lipinski definition) is 1. The van der Waals surface area contributed by atoms with Crippen LogP contribution in [-0.2, 0) is 9.59 Å². The first-order chi connectivity index (χ1) is 9.15. The van der Waals surface area contributed by atoms with Crippen molar-refractivity contribution < 1.29 is 14.3 Å². The predicted octanol–water partition coefficient (Wildman–Crippen LogP) is 1.78. The minimum Gasteiger partial charge on any atom is -0.482 e. The van der Waals surface area contributed by atoms with Crippen LogP contribution in [0.3, 0.4) is 0 Å². The standard InChI is InChI=1S/C13H13ClN2O3/c1-2-5-16-10-6-9(15-12(17)7-14)3-4-11(10)19-8-13(16)18/h2-4,6H,1,5,7-8H2,(H,15,17). The molecule has 0 bridgehead atoms. The number of benzene rings is 1. The Morgan fingerprint density at radius 1 is 1.58 bits per heavy atom. The summed E-state index contributed by atoms with van der Waals surface area (Å²) in [6.07, 6.45) is 1.64. The molecule has 0 spiro atoms. The molecule has 0 saturated heterocycles. The maximum atomic E-state index is 11.8. The van der Waals surface area contributed by atoms with E-state index >= 15 is 0 Å². The van der Waals surface area contributed by atoms with E-state index < -0.39 is 0 Å². The van der Waals surface area contributed by atoms with E-state index in [0.717, 1.165) is 0 Å². The van der Waals surface area contributed by atoms with E-state index in [1.807, 2.05) is 0 Å². The maximum absolute atomic E-state index is 11.8. The highest BCUT2D eigenvalue weighted by atomic mass is 35.5. The van der Waals surface area contributed by atoms with Gasteiger partial charge in [0.25, 0.3) is 5.91 Å². The lowest BCUT2D eigenvalue weighted by Crippen LogP contribution is -2.38. The third-order valence-electron chi connectivity index (χ3n) is 2.62. The predicted molar refractivity (Wildman–Crippen MR) is 73.8 cm³/mol. The van der Waals surface area contributed by atoms with Gasteiger partial charge in [0, 0.05) is 12.2 Å². The molecule has 0 aromatic heterocycles. The van der Waals surface area contributed by atoms with Gasteiger partial charge in [0.15, 0.2) is 6.61 Å². The number of halogens is 1. The molecule has 0 saturated carbocycles. The van der Waals surface area contributed by atoms with Crippen LogP contribution in [0.2, 0.25) is 0 Å². The molecule has 100 valence electrons. The number of hydrogen-bond acceptors (Lipinski definition) is 3. The molecule has 1 heterocycles. The lowest BCUT2D eigenvalue weighted by atomic mass is 10.2. The molecular formula is C13H13ClN2O3. The quantitative estimate of drug-likeness (QED) is 0.675. The molecular weight excluding hydrogens is 268 g/mol. The van der Waals surface area contributed by atoms with Gasteiger partial charge >= 0.3 is 0 Å². The Balaban J connectivity index is 2.32. The lowest BCUT2D eigenvalue weighted by molar-refractivity contribution is -0.121. The van der Waals surface area contributed by atoms with Gasteiger partial charge in [-0.15, -0.1) is 18.2 Å². The smallest absolute Gasteiger partial charge is 0.265 e.